The third kappa shape index (κ3) is 3.07. The predicted molar refractivity (Wildman–Crippen MR) is 115 cm³/mol. The number of benzene rings is 1. The van der Waals surface area contributed by atoms with Crippen LogP contribution in [-0.2, 0) is 0 Å². The maximum absolute atomic E-state index is 13.4. The number of fused-ring (bicyclic) bond motifs is 2. The van der Waals surface area contributed by atoms with E-state index < -0.39 is 11.2 Å². The monoisotopic (exact) mass is 434 g/mol. The molecule has 4 heterocycles. The molecule has 9 nitrogen and oxygen atoms in total. The minimum absolute atomic E-state index is 0.0640. The van der Waals surface area contributed by atoms with Gasteiger partial charge in [-0.05, 0) is 49.4 Å². The van der Waals surface area contributed by atoms with Crippen LogP contribution >= 0.6 is 0 Å². The van der Waals surface area contributed by atoms with Crippen molar-refractivity contribution in [3.63, 3.8) is 0 Å². The van der Waals surface area contributed by atoms with Crippen molar-refractivity contribution in [3.05, 3.63) is 62.4 Å². The number of pyridine rings is 1. The fourth-order valence-corrected chi connectivity index (χ4v) is 4.72. The van der Waals surface area contributed by atoms with Gasteiger partial charge in [0, 0.05) is 18.8 Å². The Bertz CT molecular complexity index is 1360. The molecule has 1 saturated carbocycles. The van der Waals surface area contributed by atoms with Crippen molar-refractivity contribution in [3.8, 4) is 11.5 Å². The first-order valence-electron chi connectivity index (χ1n) is 11.0. The summed E-state index contributed by atoms with van der Waals surface area (Å²) in [5.41, 5.74) is 0.703. The molecule has 2 fully saturated rings. The average molecular weight is 434 g/mol. The summed E-state index contributed by atoms with van der Waals surface area (Å²) in [5, 5.41) is 0.262. The predicted octanol–water partition coefficient (Wildman–Crippen LogP) is 2.17. The minimum atomic E-state index is -0.520. The molecule has 1 saturated heterocycles. The third-order valence-electron chi connectivity index (χ3n) is 6.40. The highest BCUT2D eigenvalue weighted by atomic mass is 16.6. The van der Waals surface area contributed by atoms with Crippen LogP contribution < -0.4 is 20.7 Å². The van der Waals surface area contributed by atoms with Gasteiger partial charge in [0.15, 0.2) is 11.5 Å². The van der Waals surface area contributed by atoms with Gasteiger partial charge in [0.1, 0.15) is 18.9 Å². The van der Waals surface area contributed by atoms with Crippen LogP contribution in [0.15, 0.2) is 40.1 Å². The van der Waals surface area contributed by atoms with E-state index in [0.717, 1.165) is 37.0 Å². The van der Waals surface area contributed by atoms with Gasteiger partial charge in [0.2, 0.25) is 0 Å². The second-order valence-corrected chi connectivity index (χ2v) is 8.52. The van der Waals surface area contributed by atoms with E-state index in [1.165, 1.54) is 10.8 Å². The van der Waals surface area contributed by atoms with E-state index in [2.05, 4.69) is 9.97 Å². The van der Waals surface area contributed by atoms with Crippen LogP contribution in [0.4, 0.5) is 0 Å². The molecule has 1 aromatic carbocycles. The van der Waals surface area contributed by atoms with Crippen molar-refractivity contribution >= 4 is 16.9 Å². The first-order chi connectivity index (χ1) is 15.6. The van der Waals surface area contributed by atoms with Crippen LogP contribution in [0.5, 0.6) is 11.5 Å². The Hall–Kier alpha value is -3.62. The molecule has 1 N–H and O–H groups in total. The number of carbonyl (C=O) groups is 1. The minimum Gasteiger partial charge on any atom is -0.486 e. The lowest BCUT2D eigenvalue weighted by Crippen LogP contribution is -2.32. The van der Waals surface area contributed by atoms with Gasteiger partial charge in [0.25, 0.3) is 11.5 Å². The summed E-state index contributed by atoms with van der Waals surface area (Å²) in [7, 11) is 0. The quantitative estimate of drug-likeness (QED) is 0.677. The maximum atomic E-state index is 13.4. The summed E-state index contributed by atoms with van der Waals surface area (Å²) in [5.74, 6) is 1.24. The number of hydrogen-bond donors (Lipinski definition) is 1. The molecule has 3 aliphatic rings. The molecule has 3 aromatic rings. The Labute approximate surface area is 182 Å². The fourth-order valence-electron chi connectivity index (χ4n) is 4.72. The Balaban J connectivity index is 1.35. The van der Waals surface area contributed by atoms with E-state index in [1.54, 1.807) is 6.07 Å². The molecule has 0 spiro atoms. The molecular weight excluding hydrogens is 412 g/mol. The molecule has 0 radical (unpaired) electrons. The van der Waals surface area contributed by atoms with Crippen molar-refractivity contribution in [1.29, 1.82) is 0 Å². The normalized spacial score (nSPS) is 20.0. The number of H-pyrrole nitrogens is 1. The van der Waals surface area contributed by atoms with Crippen LogP contribution in [0.2, 0.25) is 0 Å². The van der Waals surface area contributed by atoms with Gasteiger partial charge >= 0.3 is 5.69 Å². The average Bonchev–Trinajstić information content (AvgIpc) is 3.52. The topological polar surface area (TPSA) is 107 Å². The second kappa shape index (κ2) is 7.22. The molecule has 1 atom stereocenters. The first kappa shape index (κ1) is 19.1. The number of hydrogen-bond acceptors (Lipinski definition) is 6. The zero-order valence-corrected chi connectivity index (χ0v) is 17.4. The van der Waals surface area contributed by atoms with E-state index in [4.69, 9.17) is 9.47 Å². The first-order valence-corrected chi connectivity index (χ1v) is 11.0. The Morgan fingerprint density at radius 3 is 2.69 bits per heavy atom. The lowest BCUT2D eigenvalue weighted by Gasteiger charge is -2.27. The van der Waals surface area contributed by atoms with Crippen molar-refractivity contribution in [1.82, 2.24) is 19.4 Å². The summed E-state index contributed by atoms with van der Waals surface area (Å²) in [6.07, 6.45) is 4.96. The largest absolute Gasteiger partial charge is 0.486 e. The van der Waals surface area contributed by atoms with Crippen LogP contribution in [-0.4, -0.2) is 45.1 Å². The van der Waals surface area contributed by atoms with E-state index in [0.29, 0.717) is 36.7 Å². The summed E-state index contributed by atoms with van der Waals surface area (Å²) in [4.78, 5) is 46.7. The van der Waals surface area contributed by atoms with Crippen LogP contribution in [0.3, 0.4) is 0 Å². The molecule has 2 aromatic heterocycles. The van der Waals surface area contributed by atoms with Crippen LogP contribution in [0.25, 0.3) is 11.0 Å². The smallest absolute Gasteiger partial charge is 0.330 e. The summed E-state index contributed by atoms with van der Waals surface area (Å²) in [6.45, 7) is 1.66. The number of carbonyl (C=O) groups excluding carboxylic acids is 1. The zero-order chi connectivity index (χ0) is 21.8. The lowest BCUT2D eigenvalue weighted by molar-refractivity contribution is 0.0735. The Morgan fingerprint density at radius 2 is 1.88 bits per heavy atom. The Morgan fingerprint density at radius 1 is 1.06 bits per heavy atom. The van der Waals surface area contributed by atoms with Crippen molar-refractivity contribution in [2.24, 2.45) is 0 Å². The van der Waals surface area contributed by atoms with Crippen molar-refractivity contribution < 1.29 is 14.3 Å². The van der Waals surface area contributed by atoms with Gasteiger partial charge < -0.3 is 14.4 Å². The highest BCUT2D eigenvalue weighted by Crippen LogP contribution is 2.39. The molecule has 32 heavy (non-hydrogen) atoms. The number of ether oxygens (including phenoxy) is 2. The molecular formula is C23H22N4O5. The summed E-state index contributed by atoms with van der Waals surface area (Å²) < 4.78 is 12.8. The second-order valence-electron chi connectivity index (χ2n) is 8.52. The number of rotatable bonds is 3. The van der Waals surface area contributed by atoms with Gasteiger partial charge in [-0.2, -0.15) is 0 Å². The van der Waals surface area contributed by atoms with Crippen LogP contribution in [0, 0.1) is 0 Å². The number of amides is 1. The van der Waals surface area contributed by atoms with Gasteiger partial charge in [-0.25, -0.2) is 9.78 Å². The van der Waals surface area contributed by atoms with Crippen LogP contribution in [0.1, 0.15) is 53.7 Å². The Kier molecular flexibility index (Phi) is 4.31. The molecule has 1 aliphatic carbocycles. The van der Waals surface area contributed by atoms with E-state index in [1.807, 2.05) is 23.1 Å². The zero-order valence-electron chi connectivity index (χ0n) is 17.4. The number of nitrogens with zero attached hydrogens (tertiary/aromatic N) is 3. The van der Waals surface area contributed by atoms with E-state index in [9.17, 15) is 14.4 Å². The molecule has 9 heteroatoms. The fraction of sp³-hybridized carbons (Fsp3) is 0.391. The number of aromatic nitrogens is 3. The number of aromatic amines is 1. The standard InChI is InChI=1S/C23H22N4O5/c28-21-16-10-14(12-24-20(16)27(15-4-5-15)23(30)25-21)22(29)26-7-1-2-17(26)13-3-6-18-19(11-13)32-9-8-31-18/h3,6,10-12,15,17H,1-2,4-5,7-9H2,(H,25,28,30). The van der Waals surface area contributed by atoms with Crippen molar-refractivity contribution in [2.75, 3.05) is 19.8 Å². The highest BCUT2D eigenvalue weighted by Gasteiger charge is 2.33. The molecule has 164 valence electrons. The van der Waals surface area contributed by atoms with Gasteiger partial charge in [-0.3, -0.25) is 19.1 Å². The van der Waals surface area contributed by atoms with Crippen molar-refractivity contribution in [2.45, 2.75) is 37.8 Å². The summed E-state index contributed by atoms with van der Waals surface area (Å²) >= 11 is 0. The molecule has 1 amide bonds. The molecule has 6 rings (SSSR count). The van der Waals surface area contributed by atoms with E-state index in [-0.39, 0.29) is 23.4 Å². The van der Waals surface area contributed by atoms with E-state index >= 15 is 0 Å². The van der Waals surface area contributed by atoms with Gasteiger partial charge in [0.05, 0.1) is 17.0 Å². The van der Waals surface area contributed by atoms with Gasteiger partial charge in [-0.1, -0.05) is 6.07 Å². The highest BCUT2D eigenvalue weighted by molar-refractivity contribution is 5.97. The lowest BCUT2D eigenvalue weighted by atomic mass is 10.0. The maximum Gasteiger partial charge on any atom is 0.330 e. The number of likely N-dealkylation sites (tertiary alicyclic amines) is 1. The molecule has 2 aliphatic heterocycles. The summed E-state index contributed by atoms with van der Waals surface area (Å²) in [6, 6.07) is 7.34. The third-order valence-corrected chi connectivity index (χ3v) is 6.40. The number of nitrogens with one attached hydrogen (secondary N) is 1. The van der Waals surface area contributed by atoms with Gasteiger partial charge in [-0.15, -0.1) is 0 Å². The molecule has 1 unspecified atom stereocenters. The SMILES string of the molecule is O=C(c1cnc2c(c1)c(=O)[nH]c(=O)n2C1CC1)N1CCCC1c1ccc2c(c1)OCCO2. The molecule has 0 bridgehead atoms.